The second-order valence-corrected chi connectivity index (χ2v) is 7.77. The van der Waals surface area contributed by atoms with E-state index in [1.165, 1.54) is 0 Å². The Bertz CT molecular complexity index is 340. The fraction of sp³-hybridized carbons (Fsp3) is 0.600. The van der Waals surface area contributed by atoms with E-state index in [1.807, 2.05) is 6.07 Å². The van der Waals surface area contributed by atoms with Crippen LogP contribution in [0.15, 0.2) is 14.3 Å². The van der Waals surface area contributed by atoms with Crippen LogP contribution in [0.1, 0.15) is 31.2 Å². The van der Waals surface area contributed by atoms with Gasteiger partial charge in [-0.15, -0.1) is 11.3 Å². The summed E-state index contributed by atoms with van der Waals surface area (Å²) in [6.45, 7) is 4.41. The van der Waals surface area contributed by atoms with Crippen molar-refractivity contribution in [3.63, 3.8) is 0 Å². The highest BCUT2D eigenvalue weighted by Gasteiger charge is 2.50. The molecule has 1 fully saturated rings. The largest absolute Gasteiger partial charge is 0.387 e. The standard InChI is InChI=1S/C10H12Br2OS/c1-10(2)4-5(10)8(13)7-3-6(11)9(12)14-7/h3,5,8,13H,4H2,1-2H3. The zero-order valence-corrected chi connectivity index (χ0v) is 12.0. The Kier molecular flexibility index (Phi) is 2.84. The van der Waals surface area contributed by atoms with Crippen molar-refractivity contribution >= 4 is 43.2 Å². The highest BCUT2D eigenvalue weighted by Crippen LogP contribution is 2.58. The van der Waals surface area contributed by atoms with Crippen LogP contribution in [-0.4, -0.2) is 5.11 Å². The Balaban J connectivity index is 2.16. The third-order valence-corrected chi connectivity index (χ3v) is 6.25. The SMILES string of the molecule is CC1(C)CC1C(O)c1cc(Br)c(Br)s1. The van der Waals surface area contributed by atoms with Gasteiger partial charge in [-0.05, 0) is 55.7 Å². The Labute approximate surface area is 105 Å². The van der Waals surface area contributed by atoms with Gasteiger partial charge in [0.1, 0.15) is 0 Å². The van der Waals surface area contributed by atoms with Gasteiger partial charge in [-0.2, -0.15) is 0 Å². The zero-order valence-electron chi connectivity index (χ0n) is 8.05. The quantitative estimate of drug-likeness (QED) is 0.849. The minimum absolute atomic E-state index is 0.294. The van der Waals surface area contributed by atoms with Gasteiger partial charge in [0, 0.05) is 9.35 Å². The van der Waals surface area contributed by atoms with Gasteiger partial charge < -0.3 is 5.11 Å². The van der Waals surface area contributed by atoms with Crippen molar-refractivity contribution in [2.24, 2.45) is 11.3 Å². The summed E-state index contributed by atoms with van der Waals surface area (Å²) in [5.41, 5.74) is 0.322. The summed E-state index contributed by atoms with van der Waals surface area (Å²) in [6, 6.07) is 2.01. The average molecular weight is 340 g/mol. The van der Waals surface area contributed by atoms with Crippen molar-refractivity contribution in [2.75, 3.05) is 0 Å². The predicted octanol–water partition coefficient (Wildman–Crippen LogP) is 4.35. The molecule has 0 radical (unpaired) electrons. The van der Waals surface area contributed by atoms with E-state index in [0.29, 0.717) is 11.3 Å². The lowest BCUT2D eigenvalue weighted by Crippen LogP contribution is -2.02. The van der Waals surface area contributed by atoms with E-state index in [9.17, 15) is 5.11 Å². The molecule has 0 bridgehead atoms. The monoisotopic (exact) mass is 338 g/mol. The van der Waals surface area contributed by atoms with E-state index in [0.717, 1.165) is 19.6 Å². The maximum atomic E-state index is 10.1. The van der Waals surface area contributed by atoms with Crippen LogP contribution in [0, 0.1) is 11.3 Å². The van der Waals surface area contributed by atoms with Gasteiger partial charge in [0.2, 0.25) is 0 Å². The highest BCUT2D eigenvalue weighted by atomic mass is 79.9. The van der Waals surface area contributed by atoms with Gasteiger partial charge in [-0.1, -0.05) is 13.8 Å². The molecule has 0 amide bonds. The first kappa shape index (κ1) is 11.1. The average Bonchev–Trinajstić information content (AvgIpc) is 2.59. The van der Waals surface area contributed by atoms with Crippen molar-refractivity contribution < 1.29 is 5.11 Å². The molecular weight excluding hydrogens is 328 g/mol. The first-order valence-corrected chi connectivity index (χ1v) is 6.95. The number of rotatable bonds is 2. The van der Waals surface area contributed by atoms with Gasteiger partial charge in [0.05, 0.1) is 9.89 Å². The van der Waals surface area contributed by atoms with Crippen LogP contribution in [0.2, 0.25) is 0 Å². The van der Waals surface area contributed by atoms with Gasteiger partial charge >= 0.3 is 0 Å². The molecule has 2 rings (SSSR count). The number of hydrogen-bond donors (Lipinski definition) is 1. The van der Waals surface area contributed by atoms with Crippen LogP contribution in [0.25, 0.3) is 0 Å². The molecule has 0 aliphatic heterocycles. The molecule has 0 saturated heterocycles. The van der Waals surface area contributed by atoms with Crippen LogP contribution >= 0.6 is 43.2 Å². The zero-order chi connectivity index (χ0) is 10.5. The van der Waals surface area contributed by atoms with Crippen molar-refractivity contribution in [1.29, 1.82) is 0 Å². The third kappa shape index (κ3) is 1.94. The molecule has 1 N–H and O–H groups in total. The van der Waals surface area contributed by atoms with E-state index in [-0.39, 0.29) is 6.10 Å². The summed E-state index contributed by atoms with van der Waals surface area (Å²) in [7, 11) is 0. The number of hydrogen-bond acceptors (Lipinski definition) is 2. The number of thiophene rings is 1. The molecular formula is C10H12Br2OS. The van der Waals surface area contributed by atoms with Crippen molar-refractivity contribution in [3.05, 3.63) is 19.2 Å². The fourth-order valence-electron chi connectivity index (χ4n) is 1.75. The summed E-state index contributed by atoms with van der Waals surface area (Å²) in [5, 5.41) is 10.1. The third-order valence-electron chi connectivity index (χ3n) is 2.93. The molecule has 1 saturated carbocycles. The van der Waals surface area contributed by atoms with Gasteiger partial charge in [0.15, 0.2) is 0 Å². The summed E-state index contributed by atoms with van der Waals surface area (Å²) in [5.74, 6) is 0.431. The molecule has 1 aliphatic rings. The maximum Gasteiger partial charge on any atom is 0.0916 e. The van der Waals surface area contributed by atoms with E-state index in [1.54, 1.807) is 11.3 Å². The molecule has 2 atom stereocenters. The Morgan fingerprint density at radius 2 is 2.14 bits per heavy atom. The number of halogens is 2. The van der Waals surface area contributed by atoms with Crippen molar-refractivity contribution in [3.8, 4) is 0 Å². The molecule has 4 heteroatoms. The minimum atomic E-state index is -0.294. The van der Waals surface area contributed by atoms with E-state index in [4.69, 9.17) is 0 Å². The highest BCUT2D eigenvalue weighted by molar-refractivity contribution is 9.13. The fourth-order valence-corrected chi connectivity index (χ4v) is 3.90. The Morgan fingerprint density at radius 3 is 2.50 bits per heavy atom. The predicted molar refractivity (Wildman–Crippen MR) is 66.6 cm³/mol. The van der Waals surface area contributed by atoms with E-state index >= 15 is 0 Å². The molecule has 0 aromatic carbocycles. The lowest BCUT2D eigenvalue weighted by atomic mass is 10.1. The molecule has 2 unspecified atom stereocenters. The lowest BCUT2D eigenvalue weighted by Gasteiger charge is -2.09. The molecule has 1 heterocycles. The summed E-state index contributed by atoms with van der Waals surface area (Å²) >= 11 is 8.49. The molecule has 1 aromatic heterocycles. The van der Waals surface area contributed by atoms with Gasteiger partial charge in [-0.3, -0.25) is 0 Å². The first-order valence-electron chi connectivity index (χ1n) is 4.54. The number of aliphatic hydroxyl groups is 1. The molecule has 1 aliphatic carbocycles. The topological polar surface area (TPSA) is 20.2 Å². The minimum Gasteiger partial charge on any atom is -0.387 e. The van der Waals surface area contributed by atoms with Crippen LogP contribution in [0.4, 0.5) is 0 Å². The normalized spacial score (nSPS) is 26.2. The van der Waals surface area contributed by atoms with Gasteiger partial charge in [-0.25, -0.2) is 0 Å². The molecule has 1 aromatic rings. The molecule has 0 spiro atoms. The Hall–Kier alpha value is 0.620. The second kappa shape index (κ2) is 3.58. The second-order valence-electron chi connectivity index (χ2n) is 4.51. The van der Waals surface area contributed by atoms with Crippen molar-refractivity contribution in [1.82, 2.24) is 0 Å². The summed E-state index contributed by atoms with van der Waals surface area (Å²) in [6.07, 6.45) is 0.832. The van der Waals surface area contributed by atoms with Gasteiger partial charge in [0.25, 0.3) is 0 Å². The molecule has 78 valence electrons. The van der Waals surface area contributed by atoms with Crippen LogP contribution in [-0.2, 0) is 0 Å². The molecule has 1 nitrogen and oxygen atoms in total. The van der Waals surface area contributed by atoms with Crippen LogP contribution < -0.4 is 0 Å². The van der Waals surface area contributed by atoms with E-state index < -0.39 is 0 Å². The number of aliphatic hydroxyl groups excluding tert-OH is 1. The van der Waals surface area contributed by atoms with Crippen LogP contribution in [0.3, 0.4) is 0 Å². The Morgan fingerprint density at radius 1 is 1.57 bits per heavy atom. The molecule has 14 heavy (non-hydrogen) atoms. The smallest absolute Gasteiger partial charge is 0.0916 e. The maximum absolute atomic E-state index is 10.1. The van der Waals surface area contributed by atoms with Crippen molar-refractivity contribution in [2.45, 2.75) is 26.4 Å². The lowest BCUT2D eigenvalue weighted by molar-refractivity contribution is 0.142. The van der Waals surface area contributed by atoms with Crippen LogP contribution in [0.5, 0.6) is 0 Å². The first-order chi connectivity index (χ1) is 6.42. The summed E-state index contributed by atoms with van der Waals surface area (Å²) in [4.78, 5) is 1.05. The van der Waals surface area contributed by atoms with E-state index in [2.05, 4.69) is 45.7 Å². The summed E-state index contributed by atoms with van der Waals surface area (Å²) < 4.78 is 2.10.